The molecule has 0 atom stereocenters. The Morgan fingerprint density at radius 1 is 1.69 bits per heavy atom. The summed E-state index contributed by atoms with van der Waals surface area (Å²) in [5, 5.41) is 2.65. The van der Waals surface area contributed by atoms with Crippen LogP contribution in [0.25, 0.3) is 0 Å². The van der Waals surface area contributed by atoms with E-state index in [4.69, 9.17) is 4.74 Å². The van der Waals surface area contributed by atoms with Crippen molar-refractivity contribution in [3.05, 3.63) is 24.5 Å². The lowest BCUT2D eigenvalue weighted by Crippen LogP contribution is -2.18. The zero-order chi connectivity index (χ0) is 9.52. The summed E-state index contributed by atoms with van der Waals surface area (Å²) in [6, 6.07) is 3.53. The highest BCUT2D eigenvalue weighted by Gasteiger charge is 2.00. The normalized spacial score (nSPS) is 9.62. The Kier molecular flexibility index (Phi) is 3.92. The maximum atomic E-state index is 11.1. The van der Waals surface area contributed by atoms with Gasteiger partial charge in [-0.15, -0.1) is 0 Å². The molecular weight excluding hydrogens is 168 g/mol. The molecule has 1 heterocycles. The summed E-state index contributed by atoms with van der Waals surface area (Å²) in [4.78, 5) is 15.0. The topological polar surface area (TPSA) is 51.2 Å². The second-order valence-corrected chi connectivity index (χ2v) is 2.43. The van der Waals surface area contributed by atoms with Crippen LogP contribution in [0.5, 0.6) is 0 Å². The van der Waals surface area contributed by atoms with Crippen LogP contribution in [0.1, 0.15) is 6.92 Å². The molecule has 0 aliphatic carbocycles. The zero-order valence-electron chi connectivity index (χ0n) is 7.49. The Morgan fingerprint density at radius 2 is 2.54 bits per heavy atom. The first-order valence-corrected chi connectivity index (χ1v) is 4.10. The fourth-order valence-corrected chi connectivity index (χ4v) is 0.829. The SMILES string of the molecule is CCOCC(=O)Nc1cccnc1. The number of nitrogens with one attached hydrogen (secondary N) is 1. The Balaban J connectivity index is 2.37. The van der Waals surface area contributed by atoms with E-state index in [2.05, 4.69) is 10.3 Å². The maximum absolute atomic E-state index is 11.1. The van der Waals surface area contributed by atoms with Gasteiger partial charge in [-0.1, -0.05) is 0 Å². The number of hydrogen-bond acceptors (Lipinski definition) is 3. The van der Waals surface area contributed by atoms with Crippen LogP contribution in [0, 0.1) is 0 Å². The number of carbonyl (C=O) groups excluding carboxylic acids is 1. The molecule has 1 aromatic heterocycles. The Morgan fingerprint density at radius 3 is 3.15 bits per heavy atom. The second-order valence-electron chi connectivity index (χ2n) is 2.43. The van der Waals surface area contributed by atoms with Crippen molar-refractivity contribution in [2.24, 2.45) is 0 Å². The molecule has 0 radical (unpaired) electrons. The van der Waals surface area contributed by atoms with E-state index >= 15 is 0 Å². The largest absolute Gasteiger partial charge is 0.372 e. The molecular formula is C9H12N2O2. The number of carbonyl (C=O) groups is 1. The van der Waals surface area contributed by atoms with Crippen LogP contribution < -0.4 is 5.32 Å². The molecule has 0 saturated heterocycles. The van der Waals surface area contributed by atoms with Crippen molar-refractivity contribution in [3.63, 3.8) is 0 Å². The van der Waals surface area contributed by atoms with E-state index in [1.54, 1.807) is 24.5 Å². The lowest BCUT2D eigenvalue weighted by Gasteiger charge is -2.03. The van der Waals surface area contributed by atoms with Gasteiger partial charge in [-0.05, 0) is 19.1 Å². The molecule has 0 aliphatic rings. The first-order chi connectivity index (χ1) is 6.33. The molecule has 0 aliphatic heterocycles. The van der Waals surface area contributed by atoms with Gasteiger partial charge in [-0.25, -0.2) is 0 Å². The Hall–Kier alpha value is -1.42. The highest BCUT2D eigenvalue weighted by atomic mass is 16.5. The lowest BCUT2D eigenvalue weighted by molar-refractivity contribution is -0.120. The maximum Gasteiger partial charge on any atom is 0.250 e. The van der Waals surface area contributed by atoms with E-state index in [-0.39, 0.29) is 12.5 Å². The number of aromatic nitrogens is 1. The predicted molar refractivity (Wildman–Crippen MR) is 49.4 cm³/mol. The number of amides is 1. The van der Waals surface area contributed by atoms with Crippen LogP contribution >= 0.6 is 0 Å². The second kappa shape index (κ2) is 5.27. The van der Waals surface area contributed by atoms with Crippen LogP contribution in [0.2, 0.25) is 0 Å². The number of rotatable bonds is 4. The van der Waals surface area contributed by atoms with Crippen LogP contribution in [0.15, 0.2) is 24.5 Å². The van der Waals surface area contributed by atoms with Crippen molar-refractivity contribution >= 4 is 11.6 Å². The van der Waals surface area contributed by atoms with E-state index in [0.717, 1.165) is 0 Å². The fraction of sp³-hybridized carbons (Fsp3) is 0.333. The van der Waals surface area contributed by atoms with E-state index in [0.29, 0.717) is 12.3 Å². The minimum atomic E-state index is -0.158. The van der Waals surface area contributed by atoms with Crippen molar-refractivity contribution in [2.45, 2.75) is 6.92 Å². The summed E-state index contributed by atoms with van der Waals surface area (Å²) in [5.74, 6) is -0.158. The average molecular weight is 180 g/mol. The first kappa shape index (κ1) is 9.67. The molecule has 70 valence electrons. The summed E-state index contributed by atoms with van der Waals surface area (Å²) < 4.78 is 4.94. The van der Waals surface area contributed by atoms with Gasteiger partial charge in [0.25, 0.3) is 0 Å². The molecule has 0 saturated carbocycles. The quantitative estimate of drug-likeness (QED) is 0.753. The fourth-order valence-electron chi connectivity index (χ4n) is 0.829. The molecule has 1 N–H and O–H groups in total. The standard InChI is InChI=1S/C9H12N2O2/c1-2-13-7-9(12)11-8-4-3-5-10-6-8/h3-6H,2,7H2,1H3,(H,11,12). The monoisotopic (exact) mass is 180 g/mol. The van der Waals surface area contributed by atoms with Gasteiger partial charge in [0, 0.05) is 12.8 Å². The molecule has 4 nitrogen and oxygen atoms in total. The van der Waals surface area contributed by atoms with Gasteiger partial charge in [0.2, 0.25) is 5.91 Å². The van der Waals surface area contributed by atoms with Gasteiger partial charge < -0.3 is 10.1 Å². The number of ether oxygens (including phenoxy) is 1. The van der Waals surface area contributed by atoms with Gasteiger partial charge in [0.05, 0.1) is 11.9 Å². The molecule has 0 aromatic carbocycles. The van der Waals surface area contributed by atoms with E-state index in [1.807, 2.05) is 6.92 Å². The molecule has 1 amide bonds. The smallest absolute Gasteiger partial charge is 0.250 e. The molecule has 4 heteroatoms. The van der Waals surface area contributed by atoms with Crippen molar-refractivity contribution in [1.82, 2.24) is 4.98 Å². The van der Waals surface area contributed by atoms with E-state index in [1.165, 1.54) is 0 Å². The van der Waals surface area contributed by atoms with Crippen molar-refractivity contribution in [3.8, 4) is 0 Å². The molecule has 1 rings (SSSR count). The van der Waals surface area contributed by atoms with Crippen molar-refractivity contribution in [1.29, 1.82) is 0 Å². The summed E-state index contributed by atoms with van der Waals surface area (Å²) in [6.45, 7) is 2.48. The van der Waals surface area contributed by atoms with Crippen LogP contribution in [-0.4, -0.2) is 24.1 Å². The lowest BCUT2D eigenvalue weighted by atomic mass is 10.4. The van der Waals surface area contributed by atoms with Gasteiger partial charge in [0.15, 0.2) is 0 Å². The molecule has 0 spiro atoms. The molecule has 13 heavy (non-hydrogen) atoms. The minimum Gasteiger partial charge on any atom is -0.372 e. The van der Waals surface area contributed by atoms with Crippen LogP contribution in [0.4, 0.5) is 5.69 Å². The average Bonchev–Trinajstić information content (AvgIpc) is 2.16. The third-order valence-corrected chi connectivity index (χ3v) is 1.38. The number of nitrogens with zero attached hydrogens (tertiary/aromatic N) is 1. The predicted octanol–water partition coefficient (Wildman–Crippen LogP) is 1.06. The third kappa shape index (κ3) is 3.66. The summed E-state index contributed by atoms with van der Waals surface area (Å²) in [7, 11) is 0. The third-order valence-electron chi connectivity index (χ3n) is 1.38. The highest BCUT2D eigenvalue weighted by molar-refractivity contribution is 5.91. The van der Waals surface area contributed by atoms with Gasteiger partial charge >= 0.3 is 0 Å². The molecule has 0 unspecified atom stereocenters. The van der Waals surface area contributed by atoms with Crippen molar-refractivity contribution in [2.75, 3.05) is 18.5 Å². The van der Waals surface area contributed by atoms with Crippen LogP contribution in [-0.2, 0) is 9.53 Å². The Bertz CT molecular complexity index is 262. The molecule has 1 aromatic rings. The zero-order valence-corrected chi connectivity index (χ0v) is 7.49. The van der Waals surface area contributed by atoms with Crippen molar-refractivity contribution < 1.29 is 9.53 Å². The van der Waals surface area contributed by atoms with Gasteiger partial charge in [-0.2, -0.15) is 0 Å². The number of pyridine rings is 1. The van der Waals surface area contributed by atoms with Crippen LogP contribution in [0.3, 0.4) is 0 Å². The summed E-state index contributed by atoms with van der Waals surface area (Å²) in [6.07, 6.45) is 3.24. The Labute approximate surface area is 76.9 Å². The van der Waals surface area contributed by atoms with E-state index < -0.39 is 0 Å². The van der Waals surface area contributed by atoms with Gasteiger partial charge in [0.1, 0.15) is 6.61 Å². The molecule has 0 bridgehead atoms. The first-order valence-electron chi connectivity index (χ1n) is 4.10. The summed E-state index contributed by atoms with van der Waals surface area (Å²) >= 11 is 0. The number of hydrogen-bond donors (Lipinski definition) is 1. The van der Waals surface area contributed by atoms with E-state index in [9.17, 15) is 4.79 Å². The summed E-state index contributed by atoms with van der Waals surface area (Å²) in [5.41, 5.74) is 0.687. The molecule has 0 fully saturated rings. The number of anilines is 1. The van der Waals surface area contributed by atoms with Gasteiger partial charge in [-0.3, -0.25) is 9.78 Å². The highest BCUT2D eigenvalue weighted by Crippen LogP contribution is 2.01. The minimum absolute atomic E-state index is 0.0887.